The Morgan fingerprint density at radius 3 is 1.95 bits per heavy atom. The summed E-state index contributed by atoms with van der Waals surface area (Å²) in [5.74, 6) is -0.704. The van der Waals surface area contributed by atoms with Gasteiger partial charge in [-0.2, -0.15) is 4.31 Å². The molecular formula is C34H36FN3O5S. The van der Waals surface area contributed by atoms with Crippen molar-refractivity contribution in [2.24, 2.45) is 0 Å². The summed E-state index contributed by atoms with van der Waals surface area (Å²) in [5, 5.41) is 2.96. The van der Waals surface area contributed by atoms with E-state index in [4.69, 9.17) is 4.74 Å². The molecule has 0 spiro atoms. The molecule has 8 nitrogen and oxygen atoms in total. The molecule has 4 rings (SSSR count). The van der Waals surface area contributed by atoms with Crippen LogP contribution >= 0.6 is 0 Å². The predicted octanol–water partition coefficient (Wildman–Crippen LogP) is 4.72. The number of carbonyl (C=O) groups excluding carboxylic acids is 2. The maximum Gasteiger partial charge on any atom is 0.247 e. The van der Waals surface area contributed by atoms with E-state index in [0.717, 1.165) is 21.9 Å². The topological polar surface area (TPSA) is 96.0 Å². The van der Waals surface area contributed by atoms with Crippen LogP contribution in [0.4, 0.5) is 4.39 Å². The third-order valence-electron chi connectivity index (χ3n) is 7.12. The van der Waals surface area contributed by atoms with Crippen molar-refractivity contribution < 1.29 is 27.1 Å². The molecule has 0 radical (unpaired) electrons. The van der Waals surface area contributed by atoms with Crippen LogP contribution in [-0.4, -0.2) is 55.9 Å². The molecule has 44 heavy (non-hydrogen) atoms. The third-order valence-corrected chi connectivity index (χ3v) is 8.31. The standard InChI is InChI=1S/C34H36FN3O5S/c1-43-31-19-15-26(16-20-31)21-22-36-34(40)33(29-11-7-4-8-12-29)38(24-28-13-17-30(35)18-14-28)32(39)25-37(44(2,41)42)23-27-9-5-3-6-10-27/h3-20,33H,21-25H2,1-2H3,(H,36,40). The third kappa shape index (κ3) is 9.23. The summed E-state index contributed by atoms with van der Waals surface area (Å²) in [6, 6.07) is 29.9. The van der Waals surface area contributed by atoms with Crippen molar-refractivity contribution in [2.75, 3.05) is 26.5 Å². The Labute approximate surface area is 258 Å². The van der Waals surface area contributed by atoms with Gasteiger partial charge in [-0.3, -0.25) is 9.59 Å². The molecule has 0 heterocycles. The zero-order chi connectivity index (χ0) is 31.5. The van der Waals surface area contributed by atoms with E-state index in [1.54, 1.807) is 61.7 Å². The number of benzene rings is 4. The molecule has 0 aliphatic rings. The van der Waals surface area contributed by atoms with Crippen molar-refractivity contribution in [1.82, 2.24) is 14.5 Å². The molecule has 10 heteroatoms. The van der Waals surface area contributed by atoms with Gasteiger partial charge in [0.05, 0.1) is 19.9 Å². The molecule has 1 atom stereocenters. The quantitative estimate of drug-likeness (QED) is 0.221. The highest BCUT2D eigenvalue weighted by molar-refractivity contribution is 7.88. The van der Waals surface area contributed by atoms with Gasteiger partial charge in [0.1, 0.15) is 17.6 Å². The maximum absolute atomic E-state index is 14.1. The number of nitrogens with zero attached hydrogens (tertiary/aromatic N) is 2. The minimum absolute atomic E-state index is 0.0140. The van der Waals surface area contributed by atoms with Gasteiger partial charge >= 0.3 is 0 Å². The molecule has 0 bridgehead atoms. The van der Waals surface area contributed by atoms with Crippen molar-refractivity contribution in [3.63, 3.8) is 0 Å². The van der Waals surface area contributed by atoms with E-state index < -0.39 is 40.2 Å². The molecule has 0 aliphatic heterocycles. The summed E-state index contributed by atoms with van der Waals surface area (Å²) >= 11 is 0. The van der Waals surface area contributed by atoms with Crippen LogP contribution in [0, 0.1) is 5.82 Å². The molecule has 0 fully saturated rings. The molecule has 4 aromatic rings. The molecule has 0 aliphatic carbocycles. The fourth-order valence-electron chi connectivity index (χ4n) is 4.76. The van der Waals surface area contributed by atoms with Gasteiger partial charge in [0.15, 0.2) is 0 Å². The Kier molecular flexibility index (Phi) is 11.2. The van der Waals surface area contributed by atoms with E-state index in [9.17, 15) is 22.4 Å². The first-order valence-corrected chi connectivity index (χ1v) is 16.0. The van der Waals surface area contributed by atoms with E-state index in [2.05, 4.69) is 5.32 Å². The number of sulfonamides is 1. The lowest BCUT2D eigenvalue weighted by molar-refractivity contribution is -0.141. The number of hydrogen-bond acceptors (Lipinski definition) is 5. The number of amides is 2. The van der Waals surface area contributed by atoms with Crippen LogP contribution < -0.4 is 10.1 Å². The van der Waals surface area contributed by atoms with Crippen molar-refractivity contribution >= 4 is 21.8 Å². The molecule has 0 saturated heterocycles. The second-order valence-corrected chi connectivity index (χ2v) is 12.3. The number of ether oxygens (including phenoxy) is 1. The summed E-state index contributed by atoms with van der Waals surface area (Å²) < 4.78 is 45.7. The van der Waals surface area contributed by atoms with Crippen LogP contribution in [0.2, 0.25) is 0 Å². The molecule has 2 amide bonds. The van der Waals surface area contributed by atoms with Gasteiger partial charge in [0, 0.05) is 19.6 Å². The van der Waals surface area contributed by atoms with Crippen molar-refractivity contribution in [3.8, 4) is 5.75 Å². The number of carbonyl (C=O) groups is 2. The first-order valence-electron chi connectivity index (χ1n) is 14.1. The zero-order valence-electron chi connectivity index (χ0n) is 24.7. The Hall–Kier alpha value is -4.54. The van der Waals surface area contributed by atoms with Gasteiger partial charge in [0.25, 0.3) is 0 Å². The fourth-order valence-corrected chi connectivity index (χ4v) is 5.48. The monoisotopic (exact) mass is 617 g/mol. The van der Waals surface area contributed by atoms with E-state index in [0.29, 0.717) is 29.7 Å². The van der Waals surface area contributed by atoms with Gasteiger partial charge in [0.2, 0.25) is 21.8 Å². The average Bonchev–Trinajstić information content (AvgIpc) is 3.02. The fraction of sp³-hybridized carbons (Fsp3) is 0.235. The van der Waals surface area contributed by atoms with Gasteiger partial charge in [-0.1, -0.05) is 84.9 Å². The lowest BCUT2D eigenvalue weighted by Gasteiger charge is -2.33. The lowest BCUT2D eigenvalue weighted by Crippen LogP contribution is -2.48. The Balaban J connectivity index is 1.64. The van der Waals surface area contributed by atoms with Crippen LogP contribution in [0.15, 0.2) is 109 Å². The Morgan fingerprint density at radius 2 is 1.36 bits per heavy atom. The van der Waals surface area contributed by atoms with Crippen LogP contribution in [0.1, 0.15) is 28.3 Å². The Morgan fingerprint density at radius 1 is 0.795 bits per heavy atom. The second kappa shape index (κ2) is 15.3. The summed E-state index contributed by atoms with van der Waals surface area (Å²) in [5.41, 5.74) is 2.84. The molecule has 1 N–H and O–H groups in total. The smallest absolute Gasteiger partial charge is 0.247 e. The van der Waals surface area contributed by atoms with Gasteiger partial charge in [-0.15, -0.1) is 0 Å². The number of hydrogen-bond donors (Lipinski definition) is 1. The first-order chi connectivity index (χ1) is 21.1. The van der Waals surface area contributed by atoms with Crippen LogP contribution in [0.3, 0.4) is 0 Å². The summed E-state index contributed by atoms with van der Waals surface area (Å²) in [6.45, 7) is -0.249. The molecule has 230 valence electrons. The minimum atomic E-state index is -3.80. The van der Waals surface area contributed by atoms with Crippen LogP contribution in [0.25, 0.3) is 0 Å². The van der Waals surface area contributed by atoms with Crippen LogP contribution in [0.5, 0.6) is 5.75 Å². The van der Waals surface area contributed by atoms with E-state index >= 15 is 0 Å². The SMILES string of the molecule is COc1ccc(CCNC(=O)C(c2ccccc2)N(Cc2ccc(F)cc2)C(=O)CN(Cc2ccccc2)S(C)(=O)=O)cc1. The molecule has 4 aromatic carbocycles. The number of methoxy groups -OCH3 is 1. The summed E-state index contributed by atoms with van der Waals surface area (Å²) in [7, 11) is -2.21. The lowest BCUT2D eigenvalue weighted by atomic mass is 10.0. The summed E-state index contributed by atoms with van der Waals surface area (Å²) in [4.78, 5) is 29.3. The highest BCUT2D eigenvalue weighted by atomic mass is 32.2. The van der Waals surface area contributed by atoms with Crippen molar-refractivity contribution in [2.45, 2.75) is 25.6 Å². The number of nitrogens with one attached hydrogen (secondary N) is 1. The van der Waals surface area contributed by atoms with Crippen molar-refractivity contribution in [1.29, 1.82) is 0 Å². The molecular weight excluding hydrogens is 581 g/mol. The number of halogens is 1. The van der Waals surface area contributed by atoms with E-state index in [-0.39, 0.29) is 13.1 Å². The normalized spacial score (nSPS) is 12.0. The highest BCUT2D eigenvalue weighted by Gasteiger charge is 2.33. The van der Waals surface area contributed by atoms with Crippen molar-refractivity contribution in [3.05, 3.63) is 137 Å². The average molecular weight is 618 g/mol. The molecule has 1 unspecified atom stereocenters. The Bertz CT molecular complexity index is 1620. The van der Waals surface area contributed by atoms with Crippen LogP contribution in [-0.2, 0) is 39.1 Å². The van der Waals surface area contributed by atoms with E-state index in [1.165, 1.54) is 29.2 Å². The molecule has 0 saturated carbocycles. The largest absolute Gasteiger partial charge is 0.497 e. The zero-order valence-corrected chi connectivity index (χ0v) is 25.5. The van der Waals surface area contributed by atoms with E-state index in [1.807, 2.05) is 30.3 Å². The summed E-state index contributed by atoms with van der Waals surface area (Å²) in [6.07, 6.45) is 1.59. The predicted molar refractivity (Wildman–Crippen MR) is 168 cm³/mol. The molecule has 0 aromatic heterocycles. The highest BCUT2D eigenvalue weighted by Crippen LogP contribution is 2.25. The second-order valence-electron chi connectivity index (χ2n) is 10.4. The van der Waals surface area contributed by atoms with Gasteiger partial charge in [-0.05, 0) is 52.9 Å². The maximum atomic E-state index is 14.1. The number of rotatable bonds is 14. The minimum Gasteiger partial charge on any atom is -0.497 e. The first kappa shape index (κ1) is 32.4. The van der Waals surface area contributed by atoms with Gasteiger partial charge < -0.3 is 15.0 Å². The van der Waals surface area contributed by atoms with Gasteiger partial charge in [-0.25, -0.2) is 12.8 Å².